The summed E-state index contributed by atoms with van der Waals surface area (Å²) >= 11 is 6.10. The van der Waals surface area contributed by atoms with E-state index in [1.165, 1.54) is 6.20 Å². The molecule has 0 saturated carbocycles. The summed E-state index contributed by atoms with van der Waals surface area (Å²) in [6, 6.07) is 9.22. The number of piperidine rings is 1. The number of aromatic nitrogens is 1. The summed E-state index contributed by atoms with van der Waals surface area (Å²) < 4.78 is 11.1. The van der Waals surface area contributed by atoms with Crippen LogP contribution in [0.4, 0.5) is 0 Å². The molecule has 0 unspecified atom stereocenters. The van der Waals surface area contributed by atoms with Crippen molar-refractivity contribution in [2.45, 2.75) is 12.8 Å². The first-order chi connectivity index (χ1) is 12.2. The van der Waals surface area contributed by atoms with Crippen LogP contribution in [0.15, 0.2) is 42.7 Å². The van der Waals surface area contributed by atoms with Crippen molar-refractivity contribution in [2.75, 3.05) is 26.8 Å². The van der Waals surface area contributed by atoms with Crippen molar-refractivity contribution >= 4 is 17.5 Å². The Labute approximate surface area is 152 Å². The number of nitrogens with zero attached hydrogens (tertiary/aromatic N) is 2. The molecule has 1 aromatic carbocycles. The van der Waals surface area contributed by atoms with Crippen LogP contribution in [0.2, 0.25) is 5.02 Å². The maximum absolute atomic E-state index is 12.7. The zero-order valence-electron chi connectivity index (χ0n) is 14.2. The minimum Gasteiger partial charge on any atom is -0.497 e. The zero-order valence-corrected chi connectivity index (χ0v) is 14.9. The van der Waals surface area contributed by atoms with Crippen molar-refractivity contribution in [2.24, 2.45) is 5.92 Å². The van der Waals surface area contributed by atoms with E-state index in [0.717, 1.165) is 30.9 Å². The predicted molar refractivity (Wildman–Crippen MR) is 96.4 cm³/mol. The topological polar surface area (TPSA) is 51.7 Å². The summed E-state index contributed by atoms with van der Waals surface area (Å²) in [6.07, 6.45) is 5.09. The Kier molecular flexibility index (Phi) is 5.76. The van der Waals surface area contributed by atoms with E-state index in [1.807, 2.05) is 29.2 Å². The van der Waals surface area contributed by atoms with Crippen LogP contribution in [0.25, 0.3) is 0 Å². The largest absolute Gasteiger partial charge is 0.497 e. The predicted octanol–water partition coefficient (Wildman–Crippen LogP) is 3.67. The lowest BCUT2D eigenvalue weighted by Crippen LogP contribution is -2.41. The van der Waals surface area contributed by atoms with Gasteiger partial charge in [-0.15, -0.1) is 0 Å². The third-order valence-electron chi connectivity index (χ3n) is 4.34. The minimum atomic E-state index is -0.0431. The molecule has 1 fully saturated rings. The first-order valence-electron chi connectivity index (χ1n) is 8.33. The third kappa shape index (κ3) is 4.42. The van der Waals surface area contributed by atoms with Crippen molar-refractivity contribution in [1.82, 2.24) is 9.88 Å². The van der Waals surface area contributed by atoms with Crippen molar-refractivity contribution < 1.29 is 14.3 Å². The molecule has 2 heterocycles. The van der Waals surface area contributed by atoms with Crippen LogP contribution in [0.3, 0.4) is 0 Å². The van der Waals surface area contributed by atoms with E-state index in [4.69, 9.17) is 21.1 Å². The van der Waals surface area contributed by atoms with Gasteiger partial charge in [-0.1, -0.05) is 17.7 Å². The highest BCUT2D eigenvalue weighted by atomic mass is 35.5. The number of likely N-dealkylation sites (tertiary alicyclic amines) is 1. The lowest BCUT2D eigenvalue weighted by atomic mass is 9.98. The molecule has 3 rings (SSSR count). The van der Waals surface area contributed by atoms with Crippen molar-refractivity contribution in [1.29, 1.82) is 0 Å². The van der Waals surface area contributed by atoms with Gasteiger partial charge in [0.2, 0.25) is 0 Å². The number of amides is 1. The molecule has 0 radical (unpaired) electrons. The van der Waals surface area contributed by atoms with Crippen molar-refractivity contribution in [3.63, 3.8) is 0 Å². The molecule has 0 N–H and O–H groups in total. The van der Waals surface area contributed by atoms with Crippen molar-refractivity contribution in [3.8, 4) is 11.5 Å². The van der Waals surface area contributed by atoms with Gasteiger partial charge in [-0.25, -0.2) is 0 Å². The molecule has 1 aliphatic rings. The highest BCUT2D eigenvalue weighted by Gasteiger charge is 2.26. The van der Waals surface area contributed by atoms with Gasteiger partial charge < -0.3 is 14.4 Å². The minimum absolute atomic E-state index is 0.0431. The van der Waals surface area contributed by atoms with Gasteiger partial charge in [0.25, 0.3) is 5.91 Å². The molecule has 132 valence electrons. The molecular formula is C19H21ClN2O3. The Morgan fingerprint density at radius 1 is 1.36 bits per heavy atom. The van der Waals surface area contributed by atoms with Gasteiger partial charge in [-0.3, -0.25) is 9.78 Å². The highest BCUT2D eigenvalue weighted by molar-refractivity contribution is 6.33. The van der Waals surface area contributed by atoms with E-state index in [1.54, 1.807) is 19.4 Å². The number of benzene rings is 1. The normalized spacial score (nSPS) is 17.2. The number of pyridine rings is 1. The maximum atomic E-state index is 12.7. The maximum Gasteiger partial charge on any atom is 0.255 e. The second-order valence-corrected chi connectivity index (χ2v) is 6.51. The van der Waals surface area contributed by atoms with E-state index in [9.17, 15) is 4.79 Å². The first kappa shape index (κ1) is 17.5. The number of hydrogen-bond donors (Lipinski definition) is 0. The summed E-state index contributed by atoms with van der Waals surface area (Å²) in [4.78, 5) is 18.5. The smallest absolute Gasteiger partial charge is 0.255 e. The van der Waals surface area contributed by atoms with Crippen LogP contribution in [0.5, 0.6) is 11.5 Å². The summed E-state index contributed by atoms with van der Waals surface area (Å²) in [6.45, 7) is 1.98. The fourth-order valence-electron chi connectivity index (χ4n) is 3.01. The molecule has 2 aromatic rings. The summed E-state index contributed by atoms with van der Waals surface area (Å²) in [5, 5.41) is 0.391. The number of halogens is 1. The van der Waals surface area contributed by atoms with Crippen LogP contribution in [-0.4, -0.2) is 42.6 Å². The molecule has 1 amide bonds. The number of rotatable bonds is 5. The van der Waals surface area contributed by atoms with Crippen LogP contribution in [0, 0.1) is 5.92 Å². The average Bonchev–Trinajstić information content (AvgIpc) is 2.66. The molecule has 1 aromatic heterocycles. The molecule has 1 aliphatic heterocycles. The van der Waals surface area contributed by atoms with E-state index in [2.05, 4.69) is 4.98 Å². The van der Waals surface area contributed by atoms with Crippen LogP contribution in [0.1, 0.15) is 23.2 Å². The second-order valence-electron chi connectivity index (χ2n) is 6.10. The summed E-state index contributed by atoms with van der Waals surface area (Å²) in [7, 11) is 1.63. The fraction of sp³-hybridized carbons (Fsp3) is 0.368. The zero-order chi connectivity index (χ0) is 17.6. The van der Waals surface area contributed by atoms with E-state index in [0.29, 0.717) is 29.7 Å². The van der Waals surface area contributed by atoms with Crippen LogP contribution < -0.4 is 9.47 Å². The van der Waals surface area contributed by atoms with Gasteiger partial charge in [-0.05, 0) is 31.0 Å². The molecule has 0 aliphatic carbocycles. The SMILES string of the molecule is COc1cccc(OC[C@@H]2CCCN(C(=O)c3ccncc3Cl)C2)c1. The Morgan fingerprint density at radius 2 is 2.20 bits per heavy atom. The highest BCUT2D eigenvalue weighted by Crippen LogP contribution is 2.24. The molecule has 25 heavy (non-hydrogen) atoms. The van der Waals surface area contributed by atoms with Crippen molar-refractivity contribution in [3.05, 3.63) is 53.3 Å². The Hall–Kier alpha value is -2.27. The van der Waals surface area contributed by atoms with Crippen LogP contribution in [-0.2, 0) is 0 Å². The molecule has 1 saturated heterocycles. The quantitative estimate of drug-likeness (QED) is 0.816. The number of carbonyl (C=O) groups excluding carboxylic acids is 1. The van der Waals surface area contributed by atoms with Gasteiger partial charge in [0.1, 0.15) is 11.5 Å². The molecule has 5 nitrogen and oxygen atoms in total. The Morgan fingerprint density at radius 3 is 3.00 bits per heavy atom. The number of hydrogen-bond acceptors (Lipinski definition) is 4. The lowest BCUT2D eigenvalue weighted by molar-refractivity contribution is 0.0633. The molecule has 0 bridgehead atoms. The van der Waals surface area contributed by atoms with E-state index < -0.39 is 0 Å². The average molecular weight is 361 g/mol. The monoisotopic (exact) mass is 360 g/mol. The number of methoxy groups -OCH3 is 1. The van der Waals surface area contributed by atoms with Gasteiger partial charge in [0, 0.05) is 37.5 Å². The molecule has 0 spiro atoms. The Bertz CT molecular complexity index is 738. The first-order valence-corrected chi connectivity index (χ1v) is 8.71. The number of ether oxygens (including phenoxy) is 2. The summed E-state index contributed by atoms with van der Waals surface area (Å²) in [5.74, 6) is 1.80. The second kappa shape index (κ2) is 8.21. The van der Waals surface area contributed by atoms with E-state index >= 15 is 0 Å². The van der Waals surface area contributed by atoms with Gasteiger partial charge in [0.15, 0.2) is 0 Å². The lowest BCUT2D eigenvalue weighted by Gasteiger charge is -2.32. The Balaban J connectivity index is 1.59. The molecular weight excluding hydrogens is 340 g/mol. The van der Waals surface area contributed by atoms with E-state index in [-0.39, 0.29) is 5.91 Å². The summed E-state index contributed by atoms with van der Waals surface area (Å²) in [5.41, 5.74) is 0.506. The molecule has 6 heteroatoms. The van der Waals surface area contributed by atoms with Gasteiger partial charge in [0.05, 0.1) is 24.3 Å². The molecule has 1 atom stereocenters. The van der Waals surface area contributed by atoms with Gasteiger partial charge >= 0.3 is 0 Å². The fourth-order valence-corrected chi connectivity index (χ4v) is 3.21. The van der Waals surface area contributed by atoms with Gasteiger partial charge in [-0.2, -0.15) is 0 Å². The third-order valence-corrected chi connectivity index (χ3v) is 4.64. The number of carbonyl (C=O) groups is 1. The standard InChI is InChI=1S/C19H21ClN2O3/c1-24-15-5-2-6-16(10-15)25-13-14-4-3-9-22(12-14)19(23)17-7-8-21-11-18(17)20/h2,5-8,10-11,14H,3-4,9,12-13H2,1H3/t14-/m1/s1. The van der Waals surface area contributed by atoms with Crippen LogP contribution >= 0.6 is 11.6 Å².